The predicted octanol–water partition coefficient (Wildman–Crippen LogP) is 1.87. The van der Waals surface area contributed by atoms with Crippen molar-refractivity contribution in [3.63, 3.8) is 0 Å². The third kappa shape index (κ3) is 4.90. The maximum atomic E-state index is 13.2. The highest BCUT2D eigenvalue weighted by Crippen LogP contribution is 2.20. The van der Waals surface area contributed by atoms with E-state index in [1.54, 1.807) is 0 Å². The fourth-order valence-electron chi connectivity index (χ4n) is 1.66. The van der Waals surface area contributed by atoms with Crippen LogP contribution in [0.5, 0.6) is 0 Å². The second-order valence-corrected chi connectivity index (χ2v) is 6.34. The topological polar surface area (TPSA) is 60.7 Å². The van der Waals surface area contributed by atoms with Crippen LogP contribution in [0.15, 0.2) is 6.07 Å². The molecule has 0 aliphatic rings. The van der Waals surface area contributed by atoms with Crippen molar-refractivity contribution in [2.75, 3.05) is 0 Å². The fourth-order valence-corrected chi connectivity index (χ4v) is 2.38. The molecular weight excluding hydrogens is 284 g/mol. The minimum absolute atomic E-state index is 0.00318. The van der Waals surface area contributed by atoms with Gasteiger partial charge in [-0.1, -0.05) is 6.42 Å². The standard InChI is InChI=1S/C11H14F4O3Si/c12-8-6-7(9(13)11(15)10(8)14)4-2-1-3-5-19(16,17)18/h6,16-18H,1-5H2. The molecule has 0 radical (unpaired) electrons. The molecule has 3 N–H and O–H groups in total. The van der Waals surface area contributed by atoms with Gasteiger partial charge < -0.3 is 14.4 Å². The number of hydrogen-bond donors (Lipinski definition) is 3. The average Bonchev–Trinajstić information content (AvgIpc) is 2.31. The first-order valence-corrected chi connectivity index (χ1v) is 7.76. The highest BCUT2D eigenvalue weighted by Gasteiger charge is 2.25. The maximum absolute atomic E-state index is 13.2. The summed E-state index contributed by atoms with van der Waals surface area (Å²) in [5.74, 6) is -6.52. The molecule has 0 atom stereocenters. The summed E-state index contributed by atoms with van der Waals surface area (Å²) in [5, 5.41) is 0. The third-order valence-electron chi connectivity index (χ3n) is 2.64. The van der Waals surface area contributed by atoms with Gasteiger partial charge in [0.05, 0.1) is 0 Å². The molecule has 8 heteroatoms. The SMILES string of the molecule is O[Si](O)(O)CCCCCc1cc(F)c(F)c(F)c1F. The van der Waals surface area contributed by atoms with Crippen LogP contribution in [-0.4, -0.2) is 23.2 Å². The zero-order valence-electron chi connectivity index (χ0n) is 9.97. The van der Waals surface area contributed by atoms with Crippen molar-refractivity contribution in [3.05, 3.63) is 34.9 Å². The van der Waals surface area contributed by atoms with Gasteiger partial charge in [0.2, 0.25) is 0 Å². The van der Waals surface area contributed by atoms with Crippen molar-refractivity contribution in [2.45, 2.75) is 31.7 Å². The average molecular weight is 298 g/mol. The summed E-state index contributed by atoms with van der Waals surface area (Å²) in [7, 11) is -4.07. The van der Waals surface area contributed by atoms with Crippen LogP contribution >= 0.6 is 0 Å². The number of rotatable bonds is 6. The van der Waals surface area contributed by atoms with Crippen LogP contribution in [0.4, 0.5) is 17.6 Å². The fraction of sp³-hybridized carbons (Fsp3) is 0.455. The highest BCUT2D eigenvalue weighted by atomic mass is 28.4. The zero-order chi connectivity index (χ0) is 14.6. The van der Waals surface area contributed by atoms with Crippen LogP contribution in [0.2, 0.25) is 6.04 Å². The van der Waals surface area contributed by atoms with Crippen LogP contribution in [0, 0.1) is 23.3 Å². The summed E-state index contributed by atoms with van der Waals surface area (Å²) in [6.07, 6.45) is 1.03. The van der Waals surface area contributed by atoms with Crippen molar-refractivity contribution < 1.29 is 31.9 Å². The first-order chi connectivity index (χ1) is 8.72. The Bertz CT molecular complexity index is 449. The lowest BCUT2D eigenvalue weighted by Crippen LogP contribution is -2.33. The number of aryl methyl sites for hydroxylation is 1. The van der Waals surface area contributed by atoms with Crippen molar-refractivity contribution >= 4 is 8.80 Å². The number of benzene rings is 1. The summed E-state index contributed by atoms with van der Waals surface area (Å²) < 4.78 is 51.7. The van der Waals surface area contributed by atoms with Crippen molar-refractivity contribution in [3.8, 4) is 0 Å². The summed E-state index contributed by atoms with van der Waals surface area (Å²) in [6, 6.07) is 0.457. The van der Waals surface area contributed by atoms with Gasteiger partial charge in [-0.25, -0.2) is 17.6 Å². The van der Waals surface area contributed by atoms with Gasteiger partial charge in [0.1, 0.15) is 0 Å². The molecule has 0 fully saturated rings. The molecule has 0 heterocycles. The Morgan fingerprint density at radius 1 is 0.842 bits per heavy atom. The van der Waals surface area contributed by atoms with Crippen molar-refractivity contribution in [1.82, 2.24) is 0 Å². The predicted molar refractivity (Wildman–Crippen MR) is 61.0 cm³/mol. The highest BCUT2D eigenvalue weighted by molar-refractivity contribution is 6.56. The Morgan fingerprint density at radius 2 is 1.47 bits per heavy atom. The quantitative estimate of drug-likeness (QED) is 0.247. The number of unbranched alkanes of at least 4 members (excludes halogenated alkanes) is 2. The third-order valence-corrected chi connectivity index (χ3v) is 3.66. The van der Waals surface area contributed by atoms with E-state index in [2.05, 4.69) is 0 Å². The van der Waals surface area contributed by atoms with Crippen LogP contribution in [-0.2, 0) is 6.42 Å². The van der Waals surface area contributed by atoms with Gasteiger partial charge in [0.15, 0.2) is 23.3 Å². The van der Waals surface area contributed by atoms with E-state index in [1.165, 1.54) is 0 Å². The molecule has 0 aliphatic heterocycles. The smallest absolute Gasteiger partial charge is 0.390 e. The molecule has 3 nitrogen and oxygen atoms in total. The van der Waals surface area contributed by atoms with Gasteiger partial charge >= 0.3 is 8.80 Å². The molecule has 0 saturated carbocycles. The van der Waals surface area contributed by atoms with E-state index in [9.17, 15) is 17.6 Å². The summed E-state index contributed by atoms with van der Waals surface area (Å²) in [6.45, 7) is 0. The molecule has 0 aliphatic carbocycles. The summed E-state index contributed by atoms with van der Waals surface area (Å²) >= 11 is 0. The van der Waals surface area contributed by atoms with Gasteiger partial charge in [-0.05, 0) is 30.9 Å². The zero-order valence-corrected chi connectivity index (χ0v) is 11.0. The molecule has 1 aromatic rings. The van der Waals surface area contributed by atoms with Crippen LogP contribution in [0.1, 0.15) is 24.8 Å². The first-order valence-electron chi connectivity index (χ1n) is 5.71. The normalized spacial score (nSPS) is 11.9. The summed E-state index contributed by atoms with van der Waals surface area (Å²) in [5.41, 5.74) is -0.267. The Balaban J connectivity index is 2.51. The molecule has 19 heavy (non-hydrogen) atoms. The van der Waals surface area contributed by atoms with Gasteiger partial charge in [-0.2, -0.15) is 0 Å². The second-order valence-electron chi connectivity index (χ2n) is 4.29. The number of hydrogen-bond acceptors (Lipinski definition) is 3. The molecule has 108 valence electrons. The Labute approximate surface area is 108 Å². The lowest BCUT2D eigenvalue weighted by Gasteiger charge is -2.09. The van der Waals surface area contributed by atoms with Gasteiger partial charge in [0, 0.05) is 6.04 Å². The van der Waals surface area contributed by atoms with Crippen LogP contribution < -0.4 is 0 Å². The monoisotopic (exact) mass is 298 g/mol. The first kappa shape index (κ1) is 16.1. The molecule has 0 saturated heterocycles. The van der Waals surface area contributed by atoms with E-state index in [4.69, 9.17) is 14.4 Å². The Kier molecular flexibility index (Phi) is 5.47. The van der Waals surface area contributed by atoms with Crippen molar-refractivity contribution in [1.29, 1.82) is 0 Å². The van der Waals surface area contributed by atoms with E-state index in [0.717, 1.165) is 0 Å². The number of halogens is 4. The Hall–Kier alpha value is -0.963. The van der Waals surface area contributed by atoms with Crippen LogP contribution in [0.3, 0.4) is 0 Å². The molecule has 0 unspecified atom stereocenters. The second kappa shape index (κ2) is 6.46. The minimum Gasteiger partial charge on any atom is -0.390 e. The molecule has 1 aromatic carbocycles. The molecule has 0 aromatic heterocycles. The molecule has 1 rings (SSSR count). The van der Waals surface area contributed by atoms with Crippen LogP contribution in [0.25, 0.3) is 0 Å². The lowest BCUT2D eigenvalue weighted by atomic mass is 10.1. The molecule has 0 amide bonds. The van der Waals surface area contributed by atoms with Crippen molar-refractivity contribution in [2.24, 2.45) is 0 Å². The van der Waals surface area contributed by atoms with Gasteiger partial charge in [-0.3, -0.25) is 0 Å². The largest absolute Gasteiger partial charge is 0.492 e. The van der Waals surface area contributed by atoms with E-state index in [0.29, 0.717) is 25.3 Å². The van der Waals surface area contributed by atoms with E-state index >= 15 is 0 Å². The van der Waals surface area contributed by atoms with E-state index < -0.39 is 32.1 Å². The van der Waals surface area contributed by atoms with Gasteiger partial charge in [-0.15, -0.1) is 0 Å². The molecule has 0 spiro atoms. The van der Waals surface area contributed by atoms with E-state index in [-0.39, 0.29) is 18.0 Å². The summed E-state index contributed by atoms with van der Waals surface area (Å²) in [4.78, 5) is 26.2. The maximum Gasteiger partial charge on any atom is 0.492 e. The Morgan fingerprint density at radius 3 is 2.05 bits per heavy atom. The van der Waals surface area contributed by atoms with Gasteiger partial charge in [0.25, 0.3) is 0 Å². The molecule has 0 bridgehead atoms. The lowest BCUT2D eigenvalue weighted by molar-refractivity contribution is 0.226. The van der Waals surface area contributed by atoms with E-state index in [1.807, 2.05) is 0 Å². The molecular formula is C11H14F4O3Si. The minimum atomic E-state index is -4.07.